The van der Waals surface area contributed by atoms with Crippen LogP contribution in [0.2, 0.25) is 0 Å². The van der Waals surface area contributed by atoms with Crippen LogP contribution in [-0.4, -0.2) is 16.9 Å². The first-order chi connectivity index (χ1) is 12.6. The van der Waals surface area contributed by atoms with Crippen molar-refractivity contribution in [2.75, 3.05) is 12.8 Å². The van der Waals surface area contributed by atoms with Gasteiger partial charge in [0.2, 0.25) is 0 Å². The summed E-state index contributed by atoms with van der Waals surface area (Å²) in [6.07, 6.45) is 0. The van der Waals surface area contributed by atoms with Crippen molar-refractivity contribution in [1.82, 2.24) is 9.78 Å². The molecule has 1 heterocycles. The summed E-state index contributed by atoms with van der Waals surface area (Å²) >= 11 is 0. The SMILES string of the molecule is COc1ccccc1COc1nn(Cc2ccc(F)cc2)c(N)c1C#N. The third-order valence-electron chi connectivity index (χ3n) is 3.87. The number of aromatic nitrogens is 2. The topological polar surface area (TPSA) is 86.1 Å². The Balaban J connectivity index is 1.81. The zero-order chi connectivity index (χ0) is 18.5. The molecular weight excluding hydrogens is 335 g/mol. The third kappa shape index (κ3) is 3.59. The molecule has 7 heteroatoms. The molecule has 0 unspecified atom stereocenters. The molecule has 0 aliphatic heterocycles. The van der Waals surface area contributed by atoms with E-state index in [1.165, 1.54) is 16.8 Å². The number of nitrogen functional groups attached to an aromatic ring is 1. The number of ether oxygens (including phenoxy) is 2. The minimum atomic E-state index is -0.319. The molecule has 0 aliphatic carbocycles. The molecular formula is C19H17FN4O2. The van der Waals surface area contributed by atoms with E-state index in [1.807, 2.05) is 30.3 Å². The van der Waals surface area contributed by atoms with Gasteiger partial charge in [-0.15, -0.1) is 5.10 Å². The maximum Gasteiger partial charge on any atom is 0.253 e. The van der Waals surface area contributed by atoms with E-state index in [0.29, 0.717) is 12.3 Å². The first-order valence-corrected chi connectivity index (χ1v) is 7.88. The van der Waals surface area contributed by atoms with Gasteiger partial charge in [0.1, 0.15) is 30.1 Å². The third-order valence-corrected chi connectivity index (χ3v) is 3.87. The molecule has 0 saturated carbocycles. The molecule has 0 amide bonds. The lowest BCUT2D eigenvalue weighted by atomic mass is 10.2. The maximum absolute atomic E-state index is 13.0. The molecule has 2 aromatic carbocycles. The van der Waals surface area contributed by atoms with Crippen molar-refractivity contribution in [3.8, 4) is 17.7 Å². The highest BCUT2D eigenvalue weighted by Gasteiger charge is 2.17. The number of benzene rings is 2. The zero-order valence-corrected chi connectivity index (χ0v) is 14.1. The van der Waals surface area contributed by atoms with Crippen molar-refractivity contribution in [2.45, 2.75) is 13.2 Å². The fraction of sp³-hybridized carbons (Fsp3) is 0.158. The Morgan fingerprint density at radius 2 is 1.92 bits per heavy atom. The second-order valence-electron chi connectivity index (χ2n) is 5.56. The molecule has 3 rings (SSSR count). The van der Waals surface area contributed by atoms with Gasteiger partial charge in [0.15, 0.2) is 5.56 Å². The van der Waals surface area contributed by atoms with Gasteiger partial charge in [-0.3, -0.25) is 0 Å². The second-order valence-corrected chi connectivity index (χ2v) is 5.56. The Morgan fingerprint density at radius 3 is 2.62 bits per heavy atom. The monoisotopic (exact) mass is 352 g/mol. The average Bonchev–Trinajstić information content (AvgIpc) is 2.96. The van der Waals surface area contributed by atoms with Gasteiger partial charge in [0.25, 0.3) is 5.88 Å². The molecule has 3 aromatic rings. The normalized spacial score (nSPS) is 10.3. The van der Waals surface area contributed by atoms with Crippen molar-refractivity contribution < 1.29 is 13.9 Å². The number of methoxy groups -OCH3 is 1. The quantitative estimate of drug-likeness (QED) is 0.737. The predicted molar refractivity (Wildman–Crippen MR) is 94.2 cm³/mol. The summed E-state index contributed by atoms with van der Waals surface area (Å²) in [6.45, 7) is 0.491. The van der Waals surface area contributed by atoms with Gasteiger partial charge in [-0.2, -0.15) is 5.26 Å². The predicted octanol–water partition coefficient (Wildman–Crippen LogP) is 3.11. The van der Waals surface area contributed by atoms with E-state index in [1.54, 1.807) is 19.2 Å². The van der Waals surface area contributed by atoms with Crippen molar-refractivity contribution in [1.29, 1.82) is 5.26 Å². The van der Waals surface area contributed by atoms with Crippen LogP contribution in [0.1, 0.15) is 16.7 Å². The van der Waals surface area contributed by atoms with Gasteiger partial charge in [-0.05, 0) is 23.8 Å². The Bertz CT molecular complexity index is 945. The van der Waals surface area contributed by atoms with Crippen LogP contribution >= 0.6 is 0 Å². The van der Waals surface area contributed by atoms with Crippen molar-refractivity contribution in [2.24, 2.45) is 0 Å². The first kappa shape index (κ1) is 17.3. The summed E-state index contributed by atoms with van der Waals surface area (Å²) in [5, 5.41) is 13.7. The Kier molecular flexibility index (Phi) is 5.04. The molecule has 1 aromatic heterocycles. The highest BCUT2D eigenvalue weighted by atomic mass is 19.1. The summed E-state index contributed by atoms with van der Waals surface area (Å²) < 4.78 is 25.5. The van der Waals surface area contributed by atoms with Crippen LogP contribution in [0.25, 0.3) is 0 Å². The van der Waals surface area contributed by atoms with Crippen molar-refractivity contribution in [3.05, 3.63) is 71.0 Å². The van der Waals surface area contributed by atoms with Gasteiger partial charge in [0, 0.05) is 5.56 Å². The standard InChI is InChI=1S/C19H17FN4O2/c1-25-17-5-3-2-4-14(17)12-26-19-16(10-21)18(22)24(23-19)11-13-6-8-15(20)9-7-13/h2-9H,11-12,22H2,1H3. The summed E-state index contributed by atoms with van der Waals surface area (Å²) in [5.41, 5.74) is 7.82. The number of nitriles is 1. The summed E-state index contributed by atoms with van der Waals surface area (Å²) in [7, 11) is 1.58. The minimum absolute atomic E-state index is 0.151. The Morgan fingerprint density at radius 1 is 1.19 bits per heavy atom. The van der Waals surface area contributed by atoms with Crippen LogP contribution in [0.5, 0.6) is 11.6 Å². The Labute approximate surface area is 150 Å². The molecule has 26 heavy (non-hydrogen) atoms. The number of nitrogens with two attached hydrogens (primary N) is 1. The molecule has 0 saturated heterocycles. The van der Waals surface area contributed by atoms with Crippen LogP contribution in [0.15, 0.2) is 48.5 Å². The van der Waals surface area contributed by atoms with E-state index in [-0.39, 0.29) is 29.7 Å². The van der Waals surface area contributed by atoms with Crippen LogP contribution in [0.3, 0.4) is 0 Å². The van der Waals surface area contributed by atoms with E-state index >= 15 is 0 Å². The first-order valence-electron chi connectivity index (χ1n) is 7.88. The highest BCUT2D eigenvalue weighted by Crippen LogP contribution is 2.26. The fourth-order valence-corrected chi connectivity index (χ4v) is 2.51. The number of nitrogens with zero attached hydrogens (tertiary/aromatic N) is 3. The molecule has 0 spiro atoms. The van der Waals surface area contributed by atoms with Crippen molar-refractivity contribution in [3.63, 3.8) is 0 Å². The highest BCUT2D eigenvalue weighted by molar-refractivity contribution is 5.55. The van der Waals surface area contributed by atoms with Gasteiger partial charge in [-0.1, -0.05) is 30.3 Å². The Hall–Kier alpha value is -3.53. The number of halogens is 1. The van der Waals surface area contributed by atoms with Crippen LogP contribution < -0.4 is 15.2 Å². The van der Waals surface area contributed by atoms with Crippen molar-refractivity contribution >= 4 is 5.82 Å². The van der Waals surface area contributed by atoms with E-state index in [4.69, 9.17) is 15.2 Å². The number of anilines is 1. The summed E-state index contributed by atoms with van der Waals surface area (Å²) in [4.78, 5) is 0. The van der Waals surface area contributed by atoms with Gasteiger partial charge >= 0.3 is 0 Å². The molecule has 0 aliphatic rings. The molecule has 0 radical (unpaired) electrons. The van der Waals surface area contributed by atoms with Crippen LogP contribution in [0, 0.1) is 17.1 Å². The van der Waals surface area contributed by atoms with Crippen LogP contribution in [-0.2, 0) is 13.2 Å². The number of hydrogen-bond acceptors (Lipinski definition) is 5. The number of para-hydroxylation sites is 1. The zero-order valence-electron chi connectivity index (χ0n) is 14.1. The lowest BCUT2D eigenvalue weighted by Gasteiger charge is -2.08. The van der Waals surface area contributed by atoms with Gasteiger partial charge in [0.05, 0.1) is 13.7 Å². The maximum atomic E-state index is 13.0. The lowest BCUT2D eigenvalue weighted by molar-refractivity contribution is 0.281. The summed E-state index contributed by atoms with van der Waals surface area (Å²) in [6, 6.07) is 15.4. The van der Waals surface area contributed by atoms with Gasteiger partial charge in [-0.25, -0.2) is 9.07 Å². The second kappa shape index (κ2) is 7.57. The van der Waals surface area contributed by atoms with E-state index < -0.39 is 0 Å². The molecule has 6 nitrogen and oxygen atoms in total. The molecule has 132 valence electrons. The van der Waals surface area contributed by atoms with E-state index in [2.05, 4.69) is 5.10 Å². The fourth-order valence-electron chi connectivity index (χ4n) is 2.51. The number of rotatable bonds is 6. The summed E-state index contributed by atoms with van der Waals surface area (Å²) in [5.74, 6) is 0.718. The van der Waals surface area contributed by atoms with E-state index in [0.717, 1.165) is 11.1 Å². The average molecular weight is 352 g/mol. The minimum Gasteiger partial charge on any atom is -0.496 e. The molecule has 2 N–H and O–H groups in total. The molecule has 0 fully saturated rings. The number of hydrogen-bond donors (Lipinski definition) is 1. The smallest absolute Gasteiger partial charge is 0.253 e. The van der Waals surface area contributed by atoms with E-state index in [9.17, 15) is 9.65 Å². The van der Waals surface area contributed by atoms with Gasteiger partial charge < -0.3 is 15.2 Å². The van der Waals surface area contributed by atoms with Crippen LogP contribution in [0.4, 0.5) is 10.2 Å². The largest absolute Gasteiger partial charge is 0.496 e. The lowest BCUT2D eigenvalue weighted by Crippen LogP contribution is -2.06. The molecule has 0 atom stereocenters. The molecule has 0 bridgehead atoms.